The van der Waals surface area contributed by atoms with Crippen LogP contribution in [0, 0.1) is 0 Å². The Balaban J connectivity index is 4.63. The van der Waals surface area contributed by atoms with Crippen LogP contribution in [0.4, 0.5) is 0 Å². The summed E-state index contributed by atoms with van der Waals surface area (Å²) in [5.74, 6) is 0. The lowest BCUT2D eigenvalue weighted by molar-refractivity contribution is -0.211. The first kappa shape index (κ1) is 29.8. The molecule has 0 rings (SSSR count). The van der Waals surface area contributed by atoms with Gasteiger partial charge in [0.05, 0.1) is 13.2 Å². The second kappa shape index (κ2) is 19.4. The Morgan fingerprint density at radius 2 is 1.13 bits per heavy atom. The van der Waals surface area contributed by atoms with E-state index in [1.165, 1.54) is 44.9 Å². The van der Waals surface area contributed by atoms with Gasteiger partial charge in [-0.2, -0.15) is 0 Å². The monoisotopic (exact) mass is 434 g/mol. The van der Waals surface area contributed by atoms with Crippen molar-refractivity contribution < 1.29 is 30.3 Å². The Morgan fingerprint density at radius 3 is 1.60 bits per heavy atom. The van der Waals surface area contributed by atoms with E-state index in [9.17, 15) is 25.5 Å². The van der Waals surface area contributed by atoms with Crippen molar-refractivity contribution in [1.82, 2.24) is 0 Å². The maximum atomic E-state index is 11.2. The number of hydrogen-bond donors (Lipinski definition) is 5. The van der Waals surface area contributed by atoms with Crippen molar-refractivity contribution in [1.29, 1.82) is 0 Å². The van der Waals surface area contributed by atoms with Crippen molar-refractivity contribution in [3.8, 4) is 0 Å². The van der Waals surface area contributed by atoms with Crippen molar-refractivity contribution in [2.75, 3.05) is 19.8 Å². The molecule has 182 valence electrons. The molecular formula is C24H50O6. The predicted molar refractivity (Wildman–Crippen MR) is 121 cm³/mol. The first-order valence-electron chi connectivity index (χ1n) is 12.4. The molecule has 0 heterocycles. The summed E-state index contributed by atoms with van der Waals surface area (Å²) in [6.07, 6.45) is 11.5. The summed E-state index contributed by atoms with van der Waals surface area (Å²) in [6.45, 7) is 3.51. The van der Waals surface area contributed by atoms with Crippen molar-refractivity contribution >= 4 is 0 Å². The fourth-order valence-electron chi connectivity index (χ4n) is 3.98. The topological polar surface area (TPSA) is 110 Å². The van der Waals surface area contributed by atoms with Gasteiger partial charge in [-0.15, -0.1) is 0 Å². The van der Waals surface area contributed by atoms with Crippen LogP contribution in [-0.2, 0) is 4.74 Å². The van der Waals surface area contributed by atoms with Crippen LogP contribution in [0.5, 0.6) is 0 Å². The fourth-order valence-corrected chi connectivity index (χ4v) is 3.98. The molecule has 0 bridgehead atoms. The minimum atomic E-state index is -1.79. The third-order valence-corrected chi connectivity index (χ3v) is 6.01. The van der Waals surface area contributed by atoms with Crippen LogP contribution in [0.2, 0.25) is 0 Å². The highest BCUT2D eigenvalue weighted by atomic mass is 16.5. The Hall–Kier alpha value is -0.240. The molecule has 0 saturated heterocycles. The molecule has 0 spiro atoms. The summed E-state index contributed by atoms with van der Waals surface area (Å²) in [6, 6.07) is 0. The number of rotatable bonds is 22. The van der Waals surface area contributed by atoms with E-state index >= 15 is 0 Å². The lowest BCUT2D eigenvalue weighted by Gasteiger charge is -2.41. The second-order valence-electron chi connectivity index (χ2n) is 8.72. The summed E-state index contributed by atoms with van der Waals surface area (Å²) in [4.78, 5) is 0. The predicted octanol–water partition coefficient (Wildman–Crippen LogP) is 3.70. The molecule has 0 amide bonds. The van der Waals surface area contributed by atoms with Crippen LogP contribution >= 0.6 is 0 Å². The zero-order valence-electron chi connectivity index (χ0n) is 19.6. The summed E-state index contributed by atoms with van der Waals surface area (Å²) >= 11 is 0. The molecule has 0 radical (unpaired) electrons. The molecule has 6 nitrogen and oxygen atoms in total. The minimum absolute atomic E-state index is 0.210. The molecule has 0 saturated carbocycles. The molecule has 30 heavy (non-hydrogen) atoms. The van der Waals surface area contributed by atoms with Gasteiger partial charge in [-0.3, -0.25) is 0 Å². The largest absolute Gasteiger partial charge is 0.394 e. The molecule has 0 fully saturated rings. The maximum Gasteiger partial charge on any atom is 0.121 e. The number of unbranched alkanes of at least 4 members (excludes halogenated alkanes) is 12. The molecule has 0 aromatic rings. The van der Waals surface area contributed by atoms with Gasteiger partial charge in [-0.1, -0.05) is 97.3 Å². The van der Waals surface area contributed by atoms with Gasteiger partial charge in [-0.25, -0.2) is 0 Å². The van der Waals surface area contributed by atoms with E-state index in [2.05, 4.69) is 13.8 Å². The average molecular weight is 435 g/mol. The SMILES string of the molecule is CCCCCCCCCOC(C(O)CO)C(O)(CCCCCCCCC)C(O)CO. The highest BCUT2D eigenvalue weighted by molar-refractivity contribution is 4.97. The van der Waals surface area contributed by atoms with Crippen molar-refractivity contribution in [3.63, 3.8) is 0 Å². The number of hydrogen-bond acceptors (Lipinski definition) is 6. The summed E-state index contributed by atoms with van der Waals surface area (Å²) in [5, 5.41) is 50.7. The summed E-state index contributed by atoms with van der Waals surface area (Å²) in [5.41, 5.74) is -1.79. The maximum absolute atomic E-state index is 11.2. The minimum Gasteiger partial charge on any atom is -0.394 e. The second-order valence-corrected chi connectivity index (χ2v) is 8.72. The molecule has 0 aliphatic carbocycles. The van der Waals surface area contributed by atoms with Gasteiger partial charge < -0.3 is 30.3 Å². The molecule has 4 atom stereocenters. The third kappa shape index (κ3) is 12.6. The molecule has 0 aliphatic rings. The number of ether oxygens (including phenoxy) is 1. The molecule has 0 aromatic heterocycles. The lowest BCUT2D eigenvalue weighted by atomic mass is 9.82. The first-order chi connectivity index (χ1) is 14.5. The molecular weight excluding hydrogens is 384 g/mol. The van der Waals surface area contributed by atoms with Crippen molar-refractivity contribution in [2.45, 2.75) is 134 Å². The van der Waals surface area contributed by atoms with Crippen LogP contribution in [0.15, 0.2) is 0 Å². The Kier molecular flexibility index (Phi) is 19.3. The van der Waals surface area contributed by atoms with E-state index in [4.69, 9.17) is 4.74 Å². The van der Waals surface area contributed by atoms with E-state index in [1.807, 2.05) is 0 Å². The average Bonchev–Trinajstić information content (AvgIpc) is 2.76. The highest BCUT2D eigenvalue weighted by Gasteiger charge is 2.46. The van der Waals surface area contributed by atoms with Crippen molar-refractivity contribution in [2.24, 2.45) is 0 Å². The summed E-state index contributed by atoms with van der Waals surface area (Å²) < 4.78 is 5.79. The molecule has 0 aromatic carbocycles. The lowest BCUT2D eigenvalue weighted by Crippen LogP contribution is -2.59. The van der Waals surface area contributed by atoms with E-state index in [0.29, 0.717) is 13.0 Å². The quantitative estimate of drug-likeness (QED) is 0.166. The van der Waals surface area contributed by atoms with Gasteiger partial charge in [0.25, 0.3) is 0 Å². The van der Waals surface area contributed by atoms with Crippen molar-refractivity contribution in [3.05, 3.63) is 0 Å². The number of aliphatic hydroxyl groups is 5. The van der Waals surface area contributed by atoms with Crippen LogP contribution in [0.25, 0.3) is 0 Å². The molecule has 4 unspecified atom stereocenters. The van der Waals surface area contributed by atoms with Crippen LogP contribution in [0.1, 0.15) is 110 Å². The van der Waals surface area contributed by atoms with Gasteiger partial charge in [0, 0.05) is 6.61 Å². The van der Waals surface area contributed by atoms with Gasteiger partial charge in [-0.05, 0) is 12.8 Å². The van der Waals surface area contributed by atoms with E-state index in [0.717, 1.165) is 38.5 Å². The van der Waals surface area contributed by atoms with Crippen LogP contribution < -0.4 is 0 Å². The fraction of sp³-hybridized carbons (Fsp3) is 1.00. The standard InChI is InChI=1S/C24H50O6/c1-3-5-7-9-11-13-15-17-24(29,22(28)20-26)23(21(27)19-25)30-18-16-14-12-10-8-6-4-2/h21-23,25-29H,3-20H2,1-2H3. The van der Waals surface area contributed by atoms with Gasteiger partial charge in [0.1, 0.15) is 23.9 Å². The first-order valence-corrected chi connectivity index (χ1v) is 12.4. The van der Waals surface area contributed by atoms with Gasteiger partial charge in [0.15, 0.2) is 0 Å². The zero-order valence-corrected chi connectivity index (χ0v) is 19.6. The van der Waals surface area contributed by atoms with E-state index in [1.54, 1.807) is 0 Å². The smallest absolute Gasteiger partial charge is 0.121 e. The van der Waals surface area contributed by atoms with Crippen LogP contribution in [0.3, 0.4) is 0 Å². The molecule has 5 N–H and O–H groups in total. The Bertz CT molecular complexity index is 368. The van der Waals surface area contributed by atoms with Gasteiger partial charge in [0.2, 0.25) is 0 Å². The third-order valence-electron chi connectivity index (χ3n) is 6.01. The van der Waals surface area contributed by atoms with E-state index < -0.39 is 37.1 Å². The van der Waals surface area contributed by atoms with Crippen LogP contribution in [-0.4, -0.2) is 69.3 Å². The summed E-state index contributed by atoms with van der Waals surface area (Å²) in [7, 11) is 0. The Morgan fingerprint density at radius 1 is 0.667 bits per heavy atom. The Labute approximate surface area is 184 Å². The normalized spacial score (nSPS) is 16.9. The van der Waals surface area contributed by atoms with Gasteiger partial charge >= 0.3 is 0 Å². The number of aliphatic hydroxyl groups excluding tert-OH is 4. The molecule has 6 heteroatoms. The molecule has 0 aliphatic heterocycles. The highest BCUT2D eigenvalue weighted by Crippen LogP contribution is 2.29. The van der Waals surface area contributed by atoms with E-state index in [-0.39, 0.29) is 6.42 Å². The zero-order chi connectivity index (χ0) is 22.7.